The third kappa shape index (κ3) is 4.81. The molecule has 8 heteroatoms. The summed E-state index contributed by atoms with van der Waals surface area (Å²) >= 11 is 0. The SMILES string of the molecule is CCCCOC(=O)c1ccc(NC(=O)c2ccc3c(c2)CC(C)N3S(C)(=O)=O)cc1. The van der Waals surface area contributed by atoms with Crippen LogP contribution in [0.2, 0.25) is 0 Å². The van der Waals surface area contributed by atoms with E-state index in [9.17, 15) is 18.0 Å². The van der Waals surface area contributed by atoms with Crippen LogP contribution in [0.25, 0.3) is 0 Å². The van der Waals surface area contributed by atoms with E-state index in [1.807, 2.05) is 13.8 Å². The Morgan fingerprint density at radius 3 is 2.43 bits per heavy atom. The molecule has 7 nitrogen and oxygen atoms in total. The summed E-state index contributed by atoms with van der Waals surface area (Å²) in [6.07, 6.45) is 3.51. The van der Waals surface area contributed by atoms with E-state index in [-0.39, 0.29) is 17.9 Å². The summed E-state index contributed by atoms with van der Waals surface area (Å²) in [5.41, 5.74) is 2.87. The molecular weight excluding hydrogens is 404 g/mol. The van der Waals surface area contributed by atoms with Gasteiger partial charge in [-0.1, -0.05) is 13.3 Å². The zero-order valence-corrected chi connectivity index (χ0v) is 18.2. The van der Waals surface area contributed by atoms with Gasteiger partial charge in [0.25, 0.3) is 5.91 Å². The molecule has 2 aromatic carbocycles. The lowest BCUT2D eigenvalue weighted by molar-refractivity contribution is 0.0499. The average Bonchev–Trinajstić information content (AvgIpc) is 3.03. The number of rotatable bonds is 7. The lowest BCUT2D eigenvalue weighted by atomic mass is 10.1. The summed E-state index contributed by atoms with van der Waals surface area (Å²) in [6, 6.07) is 11.3. The van der Waals surface area contributed by atoms with Crippen molar-refractivity contribution in [1.82, 2.24) is 0 Å². The zero-order valence-electron chi connectivity index (χ0n) is 17.3. The van der Waals surface area contributed by atoms with Crippen LogP contribution in [0.15, 0.2) is 42.5 Å². The molecule has 0 aliphatic carbocycles. The topological polar surface area (TPSA) is 92.8 Å². The fraction of sp³-hybridized carbons (Fsp3) is 0.364. The predicted octanol–water partition coefficient (Wildman–Crippen LogP) is 3.61. The number of carbonyl (C=O) groups excluding carboxylic acids is 2. The van der Waals surface area contributed by atoms with E-state index < -0.39 is 10.0 Å². The normalized spacial score (nSPS) is 15.6. The van der Waals surface area contributed by atoms with Crippen molar-refractivity contribution in [2.45, 2.75) is 39.2 Å². The molecule has 160 valence electrons. The number of benzene rings is 2. The number of nitrogens with zero attached hydrogens (tertiary/aromatic N) is 1. The molecule has 1 aliphatic heterocycles. The molecule has 1 atom stereocenters. The van der Waals surface area contributed by atoms with Gasteiger partial charge in [0.15, 0.2) is 0 Å². The molecule has 2 aromatic rings. The van der Waals surface area contributed by atoms with Gasteiger partial charge < -0.3 is 10.1 Å². The van der Waals surface area contributed by atoms with Crippen LogP contribution in [-0.4, -0.2) is 39.2 Å². The van der Waals surface area contributed by atoms with E-state index in [1.165, 1.54) is 10.6 Å². The first-order chi connectivity index (χ1) is 14.2. The van der Waals surface area contributed by atoms with Crippen molar-refractivity contribution in [3.63, 3.8) is 0 Å². The first kappa shape index (κ1) is 21.8. The summed E-state index contributed by atoms with van der Waals surface area (Å²) in [6.45, 7) is 4.26. The number of ether oxygens (including phenoxy) is 1. The number of hydrogen-bond donors (Lipinski definition) is 1. The van der Waals surface area contributed by atoms with Gasteiger partial charge in [0, 0.05) is 17.3 Å². The number of unbranched alkanes of at least 4 members (excludes halogenated alkanes) is 1. The number of carbonyl (C=O) groups is 2. The van der Waals surface area contributed by atoms with Gasteiger partial charge in [-0.05, 0) is 67.8 Å². The summed E-state index contributed by atoms with van der Waals surface area (Å²) in [7, 11) is -3.37. The van der Waals surface area contributed by atoms with Crippen LogP contribution in [0.5, 0.6) is 0 Å². The second kappa shape index (κ2) is 8.87. The van der Waals surface area contributed by atoms with Crippen LogP contribution in [-0.2, 0) is 21.2 Å². The Morgan fingerprint density at radius 2 is 1.80 bits per heavy atom. The van der Waals surface area contributed by atoms with Gasteiger partial charge in [0.1, 0.15) is 0 Å². The number of hydrogen-bond acceptors (Lipinski definition) is 5. The first-order valence-electron chi connectivity index (χ1n) is 9.91. The predicted molar refractivity (Wildman–Crippen MR) is 117 cm³/mol. The Bertz CT molecular complexity index is 1050. The molecule has 0 aromatic heterocycles. The largest absolute Gasteiger partial charge is 0.462 e. The van der Waals surface area contributed by atoms with Crippen LogP contribution in [0.1, 0.15) is 53.0 Å². The van der Waals surface area contributed by atoms with E-state index in [1.54, 1.807) is 42.5 Å². The maximum Gasteiger partial charge on any atom is 0.338 e. The Hall–Kier alpha value is -2.87. The summed E-state index contributed by atoms with van der Waals surface area (Å²) in [4.78, 5) is 24.6. The number of sulfonamides is 1. The van der Waals surface area contributed by atoms with Gasteiger partial charge in [-0.25, -0.2) is 13.2 Å². The molecule has 0 radical (unpaired) electrons. The summed E-state index contributed by atoms with van der Waals surface area (Å²) in [5, 5.41) is 2.80. The monoisotopic (exact) mass is 430 g/mol. The maximum atomic E-state index is 12.6. The fourth-order valence-electron chi connectivity index (χ4n) is 3.53. The molecule has 1 aliphatic rings. The van der Waals surface area contributed by atoms with Crippen molar-refractivity contribution < 1.29 is 22.7 Å². The molecule has 3 rings (SSSR count). The highest BCUT2D eigenvalue weighted by atomic mass is 32.2. The standard InChI is InChI=1S/C22H26N2O5S/c1-4-5-12-29-22(26)16-6-9-19(10-7-16)23-21(25)17-8-11-20-18(14-17)13-15(2)24(20)30(3,27)28/h6-11,14-15H,4-5,12-13H2,1-3H3,(H,23,25). The number of fused-ring (bicyclic) bond motifs is 1. The molecule has 0 bridgehead atoms. The quantitative estimate of drug-likeness (QED) is 0.535. The van der Waals surface area contributed by atoms with Crippen LogP contribution in [0.4, 0.5) is 11.4 Å². The van der Waals surface area contributed by atoms with E-state index in [2.05, 4.69) is 5.32 Å². The lowest BCUT2D eigenvalue weighted by Gasteiger charge is -2.21. The number of amides is 1. The van der Waals surface area contributed by atoms with Gasteiger partial charge in [-0.15, -0.1) is 0 Å². The lowest BCUT2D eigenvalue weighted by Crippen LogP contribution is -2.34. The van der Waals surface area contributed by atoms with E-state index in [0.29, 0.717) is 35.5 Å². The molecule has 1 heterocycles. The number of anilines is 2. The van der Waals surface area contributed by atoms with Gasteiger partial charge >= 0.3 is 5.97 Å². The molecule has 0 saturated carbocycles. The van der Waals surface area contributed by atoms with Gasteiger partial charge in [-0.3, -0.25) is 9.10 Å². The molecule has 1 N–H and O–H groups in total. The van der Waals surface area contributed by atoms with E-state index in [4.69, 9.17) is 4.74 Å². The maximum absolute atomic E-state index is 12.6. The minimum atomic E-state index is -3.37. The minimum Gasteiger partial charge on any atom is -0.462 e. The van der Waals surface area contributed by atoms with Gasteiger partial charge in [0.2, 0.25) is 10.0 Å². The number of esters is 1. The third-order valence-electron chi connectivity index (χ3n) is 4.96. The molecule has 0 saturated heterocycles. The first-order valence-corrected chi connectivity index (χ1v) is 11.8. The van der Waals surface area contributed by atoms with Crippen molar-refractivity contribution in [2.24, 2.45) is 0 Å². The average molecular weight is 431 g/mol. The Balaban J connectivity index is 1.69. The van der Waals surface area contributed by atoms with Crippen LogP contribution in [0, 0.1) is 0 Å². The van der Waals surface area contributed by atoms with Crippen molar-refractivity contribution in [3.8, 4) is 0 Å². The number of nitrogens with one attached hydrogen (secondary N) is 1. The molecule has 1 amide bonds. The van der Waals surface area contributed by atoms with Crippen molar-refractivity contribution in [3.05, 3.63) is 59.2 Å². The highest BCUT2D eigenvalue weighted by Gasteiger charge is 2.32. The smallest absolute Gasteiger partial charge is 0.338 e. The van der Waals surface area contributed by atoms with Crippen LogP contribution >= 0.6 is 0 Å². The minimum absolute atomic E-state index is 0.182. The molecule has 0 spiro atoms. The molecular formula is C22H26N2O5S. The summed E-state index contributed by atoms with van der Waals surface area (Å²) in [5.74, 6) is -0.689. The molecule has 1 unspecified atom stereocenters. The Kier molecular flexibility index (Phi) is 6.45. The highest BCUT2D eigenvalue weighted by molar-refractivity contribution is 7.92. The van der Waals surface area contributed by atoms with Crippen LogP contribution in [0.3, 0.4) is 0 Å². The Morgan fingerprint density at radius 1 is 1.13 bits per heavy atom. The van der Waals surface area contributed by atoms with Crippen molar-refractivity contribution in [2.75, 3.05) is 22.5 Å². The zero-order chi connectivity index (χ0) is 21.9. The second-order valence-electron chi connectivity index (χ2n) is 7.48. The third-order valence-corrected chi connectivity index (χ3v) is 6.23. The summed E-state index contributed by atoms with van der Waals surface area (Å²) < 4.78 is 30.6. The fourth-order valence-corrected chi connectivity index (χ4v) is 4.80. The van der Waals surface area contributed by atoms with E-state index >= 15 is 0 Å². The highest BCUT2D eigenvalue weighted by Crippen LogP contribution is 2.34. The van der Waals surface area contributed by atoms with Gasteiger partial charge in [-0.2, -0.15) is 0 Å². The Labute approximate surface area is 177 Å². The van der Waals surface area contributed by atoms with Crippen molar-refractivity contribution in [1.29, 1.82) is 0 Å². The van der Waals surface area contributed by atoms with Crippen LogP contribution < -0.4 is 9.62 Å². The van der Waals surface area contributed by atoms with Crippen molar-refractivity contribution >= 4 is 33.3 Å². The van der Waals surface area contributed by atoms with Gasteiger partial charge in [0.05, 0.1) is 24.1 Å². The molecule has 30 heavy (non-hydrogen) atoms. The molecule has 0 fully saturated rings. The van der Waals surface area contributed by atoms with E-state index in [0.717, 1.165) is 18.4 Å². The second-order valence-corrected chi connectivity index (χ2v) is 9.34.